The van der Waals surface area contributed by atoms with Crippen molar-refractivity contribution >= 4 is 11.3 Å². The summed E-state index contributed by atoms with van der Waals surface area (Å²) in [6.45, 7) is 2.22. The molecule has 1 radical (unpaired) electrons. The van der Waals surface area contributed by atoms with Crippen molar-refractivity contribution in [3.05, 3.63) is 28.8 Å². The van der Waals surface area contributed by atoms with Crippen LogP contribution in [0.3, 0.4) is 0 Å². The summed E-state index contributed by atoms with van der Waals surface area (Å²) in [7, 11) is 0. The quantitative estimate of drug-likeness (QED) is 0.581. The first kappa shape index (κ1) is 7.80. The fourth-order valence-corrected chi connectivity index (χ4v) is 1.54. The molecule has 0 bridgehead atoms. The topological polar surface area (TPSA) is 0 Å². The maximum absolute atomic E-state index is 2.31. The highest BCUT2D eigenvalue weighted by Gasteiger charge is 1.91. The van der Waals surface area contributed by atoms with E-state index in [1.807, 2.05) is 11.3 Å². The average Bonchev–Trinajstić information content (AvgIpc) is 2.41. The fraction of sp³-hybridized carbons (Fsp3) is 0.444. The van der Waals surface area contributed by atoms with Gasteiger partial charge in [0.05, 0.1) is 0 Å². The van der Waals surface area contributed by atoms with Crippen molar-refractivity contribution in [2.24, 2.45) is 0 Å². The van der Waals surface area contributed by atoms with Gasteiger partial charge < -0.3 is 0 Å². The van der Waals surface area contributed by atoms with Crippen molar-refractivity contribution in [3.63, 3.8) is 0 Å². The lowest BCUT2D eigenvalue weighted by atomic mass is 10.2. The minimum Gasteiger partial charge on any atom is -0.149 e. The lowest BCUT2D eigenvalue weighted by Gasteiger charge is -1.93. The average molecular weight is 153 g/mol. The Balaban J connectivity index is 2.15. The van der Waals surface area contributed by atoms with Crippen molar-refractivity contribution in [2.75, 3.05) is 0 Å². The SMILES string of the molecule is CCCC[CH]c1cccs1. The molecule has 0 saturated heterocycles. The van der Waals surface area contributed by atoms with Crippen LogP contribution < -0.4 is 0 Å². The number of hydrogen-bond acceptors (Lipinski definition) is 1. The van der Waals surface area contributed by atoms with Crippen LogP contribution in [-0.4, -0.2) is 0 Å². The van der Waals surface area contributed by atoms with Gasteiger partial charge in [0.15, 0.2) is 0 Å². The molecule has 0 amide bonds. The molecule has 0 nitrogen and oxygen atoms in total. The molecule has 10 heavy (non-hydrogen) atoms. The molecule has 0 aromatic carbocycles. The molecule has 0 aliphatic heterocycles. The largest absolute Gasteiger partial charge is 0.149 e. The molecule has 0 aliphatic rings. The first-order valence-electron chi connectivity index (χ1n) is 3.80. The fourth-order valence-electron chi connectivity index (χ4n) is 0.856. The standard InChI is InChI=1S/C9H13S/c1-2-3-4-6-9-7-5-8-10-9/h5-8H,2-4H2,1H3. The molecular formula is C9H13S. The van der Waals surface area contributed by atoms with E-state index in [9.17, 15) is 0 Å². The summed E-state index contributed by atoms with van der Waals surface area (Å²) in [5.74, 6) is 0. The Kier molecular flexibility index (Phi) is 3.52. The highest BCUT2D eigenvalue weighted by atomic mass is 32.1. The van der Waals surface area contributed by atoms with Crippen LogP contribution in [0.5, 0.6) is 0 Å². The van der Waals surface area contributed by atoms with Crippen LogP contribution in [0.25, 0.3) is 0 Å². The minimum absolute atomic E-state index is 1.23. The molecular weight excluding hydrogens is 140 g/mol. The van der Waals surface area contributed by atoms with Gasteiger partial charge in [0.25, 0.3) is 0 Å². The van der Waals surface area contributed by atoms with E-state index in [4.69, 9.17) is 0 Å². The zero-order chi connectivity index (χ0) is 7.23. The summed E-state index contributed by atoms with van der Waals surface area (Å²) in [6.07, 6.45) is 6.16. The Hall–Kier alpha value is -0.300. The van der Waals surface area contributed by atoms with Gasteiger partial charge in [-0.25, -0.2) is 0 Å². The third-order valence-corrected chi connectivity index (χ3v) is 2.31. The predicted molar refractivity (Wildman–Crippen MR) is 47.2 cm³/mol. The smallest absolute Gasteiger partial charge is 0.00825 e. The van der Waals surface area contributed by atoms with Crippen LogP contribution in [0.15, 0.2) is 17.5 Å². The zero-order valence-electron chi connectivity index (χ0n) is 6.34. The van der Waals surface area contributed by atoms with Gasteiger partial charge in [-0.2, -0.15) is 0 Å². The van der Waals surface area contributed by atoms with E-state index in [2.05, 4.69) is 30.9 Å². The second kappa shape index (κ2) is 4.51. The zero-order valence-corrected chi connectivity index (χ0v) is 7.16. The molecule has 0 atom stereocenters. The maximum atomic E-state index is 2.31. The lowest BCUT2D eigenvalue weighted by molar-refractivity contribution is 0.793. The summed E-state index contributed by atoms with van der Waals surface area (Å²) in [4.78, 5) is 1.41. The van der Waals surface area contributed by atoms with E-state index in [0.29, 0.717) is 0 Å². The monoisotopic (exact) mass is 153 g/mol. The number of rotatable bonds is 4. The molecule has 0 unspecified atom stereocenters. The molecule has 0 aliphatic carbocycles. The molecule has 0 saturated carbocycles. The molecule has 0 N–H and O–H groups in total. The van der Waals surface area contributed by atoms with Crippen molar-refractivity contribution in [1.29, 1.82) is 0 Å². The van der Waals surface area contributed by atoms with Crippen LogP contribution in [0.4, 0.5) is 0 Å². The molecule has 1 heteroatoms. The van der Waals surface area contributed by atoms with Gasteiger partial charge in [-0.15, -0.1) is 11.3 Å². The van der Waals surface area contributed by atoms with Crippen molar-refractivity contribution in [1.82, 2.24) is 0 Å². The van der Waals surface area contributed by atoms with Crippen LogP contribution >= 0.6 is 11.3 Å². The molecule has 0 spiro atoms. The Morgan fingerprint density at radius 1 is 1.60 bits per heavy atom. The molecule has 1 aromatic heterocycles. The Morgan fingerprint density at radius 2 is 2.50 bits per heavy atom. The van der Waals surface area contributed by atoms with E-state index in [1.165, 1.54) is 24.1 Å². The van der Waals surface area contributed by atoms with Gasteiger partial charge in [-0.1, -0.05) is 25.8 Å². The van der Waals surface area contributed by atoms with E-state index in [1.54, 1.807) is 0 Å². The minimum atomic E-state index is 1.23. The van der Waals surface area contributed by atoms with Gasteiger partial charge in [-0.05, 0) is 17.9 Å². The molecule has 1 aromatic rings. The summed E-state index contributed by atoms with van der Waals surface area (Å²) < 4.78 is 0. The second-order valence-electron chi connectivity index (χ2n) is 2.36. The highest BCUT2D eigenvalue weighted by molar-refractivity contribution is 7.10. The van der Waals surface area contributed by atoms with Gasteiger partial charge in [-0.3, -0.25) is 0 Å². The predicted octanol–water partition coefficient (Wildman–Crippen LogP) is 3.49. The summed E-state index contributed by atoms with van der Waals surface area (Å²) in [5, 5.41) is 2.12. The third-order valence-electron chi connectivity index (χ3n) is 1.45. The van der Waals surface area contributed by atoms with Crippen LogP contribution in [0, 0.1) is 6.42 Å². The van der Waals surface area contributed by atoms with Gasteiger partial charge >= 0.3 is 0 Å². The van der Waals surface area contributed by atoms with E-state index >= 15 is 0 Å². The van der Waals surface area contributed by atoms with Crippen LogP contribution in [-0.2, 0) is 0 Å². The number of unbranched alkanes of at least 4 members (excludes halogenated alkanes) is 2. The lowest BCUT2D eigenvalue weighted by Crippen LogP contribution is -1.75. The first-order chi connectivity index (χ1) is 4.93. The van der Waals surface area contributed by atoms with Gasteiger partial charge in [0.2, 0.25) is 0 Å². The van der Waals surface area contributed by atoms with E-state index in [-0.39, 0.29) is 0 Å². The van der Waals surface area contributed by atoms with E-state index < -0.39 is 0 Å². The van der Waals surface area contributed by atoms with Crippen molar-refractivity contribution in [3.8, 4) is 0 Å². The van der Waals surface area contributed by atoms with Gasteiger partial charge in [0.1, 0.15) is 0 Å². The normalized spacial score (nSPS) is 10.1. The van der Waals surface area contributed by atoms with Crippen molar-refractivity contribution in [2.45, 2.75) is 26.2 Å². The Bertz CT molecular complexity index is 153. The Labute approximate surface area is 66.9 Å². The first-order valence-corrected chi connectivity index (χ1v) is 4.68. The molecule has 1 rings (SSSR count). The molecule has 1 heterocycles. The van der Waals surface area contributed by atoms with E-state index in [0.717, 1.165) is 0 Å². The highest BCUT2D eigenvalue weighted by Crippen LogP contribution is 2.14. The van der Waals surface area contributed by atoms with Crippen LogP contribution in [0.1, 0.15) is 31.1 Å². The third kappa shape index (κ3) is 2.53. The Morgan fingerprint density at radius 3 is 3.10 bits per heavy atom. The van der Waals surface area contributed by atoms with Crippen LogP contribution in [0.2, 0.25) is 0 Å². The molecule has 0 fully saturated rings. The second-order valence-corrected chi connectivity index (χ2v) is 3.34. The van der Waals surface area contributed by atoms with Crippen molar-refractivity contribution < 1.29 is 0 Å². The summed E-state index contributed by atoms with van der Waals surface area (Å²) in [6, 6.07) is 4.27. The number of hydrogen-bond donors (Lipinski definition) is 0. The maximum Gasteiger partial charge on any atom is 0.00825 e. The van der Waals surface area contributed by atoms with Gasteiger partial charge in [0, 0.05) is 11.3 Å². The summed E-state index contributed by atoms with van der Waals surface area (Å²) in [5.41, 5.74) is 0. The molecule has 55 valence electrons. The number of thiophene rings is 1. The summed E-state index contributed by atoms with van der Waals surface area (Å²) >= 11 is 1.82.